The van der Waals surface area contributed by atoms with Gasteiger partial charge in [0, 0.05) is 24.7 Å². The van der Waals surface area contributed by atoms with Gasteiger partial charge in [-0.3, -0.25) is 4.79 Å². The number of rotatable bonds is 2. The summed E-state index contributed by atoms with van der Waals surface area (Å²) in [5.41, 5.74) is 1.45. The van der Waals surface area contributed by atoms with E-state index in [0.29, 0.717) is 11.6 Å². The topological polar surface area (TPSA) is 56.1 Å². The van der Waals surface area contributed by atoms with E-state index in [1.165, 1.54) is 0 Å². The number of hydrogen-bond acceptors (Lipinski definition) is 3. The molecule has 1 N–H and O–H groups in total. The van der Waals surface area contributed by atoms with Gasteiger partial charge >= 0.3 is 0 Å². The normalized spacial score (nSPS) is 22.6. The minimum Gasteiger partial charge on any atom is -0.315 e. The maximum atomic E-state index is 12.4. The van der Waals surface area contributed by atoms with Gasteiger partial charge in [0.15, 0.2) is 0 Å². The molecule has 0 spiro atoms. The van der Waals surface area contributed by atoms with Crippen LogP contribution in [0.15, 0.2) is 24.3 Å². The third-order valence-corrected chi connectivity index (χ3v) is 3.69. The largest absolute Gasteiger partial charge is 0.315 e. The molecule has 2 unspecified atom stereocenters. The molecule has 4 nitrogen and oxygen atoms in total. The summed E-state index contributed by atoms with van der Waals surface area (Å²) in [6, 6.07) is 9.60. The molecule has 1 fully saturated rings. The predicted molar refractivity (Wildman–Crippen MR) is 74.8 cm³/mol. The van der Waals surface area contributed by atoms with Crippen molar-refractivity contribution in [2.75, 3.05) is 18.5 Å². The van der Waals surface area contributed by atoms with Crippen molar-refractivity contribution in [1.29, 1.82) is 5.26 Å². The summed E-state index contributed by atoms with van der Waals surface area (Å²) in [4.78, 5) is 14.1. The van der Waals surface area contributed by atoms with Crippen LogP contribution in [0.1, 0.15) is 25.3 Å². The van der Waals surface area contributed by atoms with Gasteiger partial charge in [0.1, 0.15) is 0 Å². The van der Waals surface area contributed by atoms with Gasteiger partial charge in [0.05, 0.1) is 11.6 Å². The fraction of sp³-hybridized carbons (Fsp3) is 0.467. The average Bonchev–Trinajstić information content (AvgIpc) is 2.46. The van der Waals surface area contributed by atoms with Gasteiger partial charge in [-0.2, -0.15) is 5.26 Å². The lowest BCUT2D eigenvalue weighted by molar-refractivity contribution is -0.123. The van der Waals surface area contributed by atoms with E-state index >= 15 is 0 Å². The van der Waals surface area contributed by atoms with E-state index < -0.39 is 0 Å². The van der Waals surface area contributed by atoms with Gasteiger partial charge in [0.25, 0.3) is 0 Å². The Morgan fingerprint density at radius 2 is 2.11 bits per heavy atom. The summed E-state index contributed by atoms with van der Waals surface area (Å²) in [6.45, 7) is 3.01. The smallest absolute Gasteiger partial charge is 0.229 e. The van der Waals surface area contributed by atoms with Crippen LogP contribution in [0.25, 0.3) is 0 Å². The molecule has 0 radical (unpaired) electrons. The average molecular weight is 257 g/mol. The van der Waals surface area contributed by atoms with Gasteiger partial charge in [0.2, 0.25) is 5.91 Å². The number of carbonyl (C=O) groups excluding carboxylic acids is 1. The van der Waals surface area contributed by atoms with E-state index in [4.69, 9.17) is 5.26 Å². The fourth-order valence-electron chi connectivity index (χ4n) is 2.52. The van der Waals surface area contributed by atoms with Crippen LogP contribution in [0.5, 0.6) is 0 Å². The zero-order chi connectivity index (χ0) is 13.8. The number of hydrogen-bond donors (Lipinski definition) is 1. The Kier molecular flexibility index (Phi) is 4.18. The molecule has 19 heavy (non-hydrogen) atoms. The summed E-state index contributed by atoms with van der Waals surface area (Å²) in [5, 5.41) is 12.1. The Morgan fingerprint density at radius 3 is 2.68 bits per heavy atom. The van der Waals surface area contributed by atoms with Gasteiger partial charge in [-0.1, -0.05) is 0 Å². The standard InChI is InChI=1S/C15H19N3O/c1-11-9-13(7-8-17-11)15(19)18(2)14-5-3-12(10-16)4-6-14/h3-6,11,13,17H,7-9H2,1-2H3. The summed E-state index contributed by atoms with van der Waals surface area (Å²) in [7, 11) is 1.80. The Labute approximate surface area is 114 Å². The van der Waals surface area contributed by atoms with E-state index in [9.17, 15) is 4.79 Å². The van der Waals surface area contributed by atoms with Crippen LogP contribution in [0.3, 0.4) is 0 Å². The molecule has 0 aromatic heterocycles. The molecule has 1 amide bonds. The zero-order valence-electron chi connectivity index (χ0n) is 11.4. The maximum absolute atomic E-state index is 12.4. The second-order valence-corrected chi connectivity index (χ2v) is 5.13. The van der Waals surface area contributed by atoms with E-state index in [0.717, 1.165) is 25.1 Å². The molecule has 2 rings (SSSR count). The third-order valence-electron chi connectivity index (χ3n) is 3.69. The first-order valence-corrected chi connectivity index (χ1v) is 6.63. The molecule has 0 saturated carbocycles. The third kappa shape index (κ3) is 3.12. The number of nitriles is 1. The number of nitrogens with one attached hydrogen (secondary N) is 1. The van der Waals surface area contributed by atoms with E-state index in [2.05, 4.69) is 18.3 Å². The van der Waals surface area contributed by atoms with Crippen molar-refractivity contribution in [3.8, 4) is 6.07 Å². The quantitative estimate of drug-likeness (QED) is 0.880. The van der Waals surface area contributed by atoms with Crippen LogP contribution in [0, 0.1) is 17.2 Å². The molecule has 1 heterocycles. The van der Waals surface area contributed by atoms with Crippen LogP contribution in [0.2, 0.25) is 0 Å². The molecule has 1 saturated heterocycles. The Balaban J connectivity index is 2.07. The lowest BCUT2D eigenvalue weighted by Crippen LogP contribution is -2.43. The molecule has 4 heteroatoms. The molecule has 100 valence electrons. The van der Waals surface area contributed by atoms with Gasteiger partial charge in [-0.15, -0.1) is 0 Å². The number of amides is 1. The van der Waals surface area contributed by atoms with E-state index in [1.54, 1.807) is 24.1 Å². The monoisotopic (exact) mass is 257 g/mol. The maximum Gasteiger partial charge on any atom is 0.229 e. The fourth-order valence-corrected chi connectivity index (χ4v) is 2.52. The van der Waals surface area contributed by atoms with Crippen molar-refractivity contribution >= 4 is 11.6 Å². The highest BCUT2D eigenvalue weighted by atomic mass is 16.2. The second kappa shape index (κ2) is 5.85. The molecule has 1 aliphatic heterocycles. The lowest BCUT2D eigenvalue weighted by atomic mass is 9.92. The number of anilines is 1. The predicted octanol–water partition coefficient (Wildman–Crippen LogP) is 1.91. The van der Waals surface area contributed by atoms with Crippen molar-refractivity contribution in [2.24, 2.45) is 5.92 Å². The number of piperidine rings is 1. The minimum absolute atomic E-state index is 0.0943. The van der Waals surface area contributed by atoms with Crippen LogP contribution in [0.4, 0.5) is 5.69 Å². The Hall–Kier alpha value is -1.86. The Morgan fingerprint density at radius 1 is 1.42 bits per heavy atom. The summed E-state index contributed by atoms with van der Waals surface area (Å²) < 4.78 is 0. The van der Waals surface area contributed by atoms with Crippen molar-refractivity contribution in [1.82, 2.24) is 5.32 Å². The highest BCUT2D eigenvalue weighted by Crippen LogP contribution is 2.22. The highest BCUT2D eigenvalue weighted by molar-refractivity contribution is 5.94. The summed E-state index contributed by atoms with van der Waals surface area (Å²) in [5.74, 6) is 0.259. The summed E-state index contributed by atoms with van der Waals surface area (Å²) in [6.07, 6.45) is 1.78. The van der Waals surface area contributed by atoms with Crippen LogP contribution in [-0.4, -0.2) is 25.5 Å². The molecular weight excluding hydrogens is 238 g/mol. The molecular formula is C15H19N3O. The van der Waals surface area contributed by atoms with Crippen LogP contribution in [-0.2, 0) is 4.79 Å². The second-order valence-electron chi connectivity index (χ2n) is 5.13. The molecule has 0 aliphatic carbocycles. The summed E-state index contributed by atoms with van der Waals surface area (Å²) >= 11 is 0. The van der Waals surface area contributed by atoms with Crippen molar-refractivity contribution in [2.45, 2.75) is 25.8 Å². The first kappa shape index (κ1) is 13.6. The molecule has 2 atom stereocenters. The SMILES string of the molecule is CC1CC(C(=O)N(C)c2ccc(C#N)cc2)CCN1. The first-order valence-electron chi connectivity index (χ1n) is 6.63. The molecule has 1 aromatic carbocycles. The number of carbonyl (C=O) groups is 1. The highest BCUT2D eigenvalue weighted by Gasteiger charge is 2.27. The zero-order valence-corrected chi connectivity index (χ0v) is 11.4. The van der Waals surface area contributed by atoms with E-state index in [1.807, 2.05) is 12.1 Å². The molecule has 1 aromatic rings. The molecule has 1 aliphatic rings. The molecule has 0 bridgehead atoms. The van der Waals surface area contributed by atoms with Crippen molar-refractivity contribution in [3.63, 3.8) is 0 Å². The lowest BCUT2D eigenvalue weighted by Gasteiger charge is -2.30. The van der Waals surface area contributed by atoms with Gasteiger partial charge < -0.3 is 10.2 Å². The van der Waals surface area contributed by atoms with Gasteiger partial charge in [-0.25, -0.2) is 0 Å². The van der Waals surface area contributed by atoms with Crippen molar-refractivity contribution in [3.05, 3.63) is 29.8 Å². The van der Waals surface area contributed by atoms with E-state index in [-0.39, 0.29) is 11.8 Å². The minimum atomic E-state index is 0.0943. The van der Waals surface area contributed by atoms with Crippen molar-refractivity contribution < 1.29 is 4.79 Å². The number of nitrogens with zero attached hydrogens (tertiary/aromatic N) is 2. The number of benzene rings is 1. The Bertz CT molecular complexity index is 489. The van der Waals surface area contributed by atoms with Crippen LogP contribution >= 0.6 is 0 Å². The first-order chi connectivity index (χ1) is 9.11. The van der Waals surface area contributed by atoms with Gasteiger partial charge in [-0.05, 0) is 50.6 Å². The van der Waals surface area contributed by atoms with Crippen LogP contribution < -0.4 is 10.2 Å².